The van der Waals surface area contributed by atoms with E-state index in [0.717, 1.165) is 21.8 Å². The lowest BCUT2D eigenvalue weighted by Crippen LogP contribution is -2.38. The zero-order valence-corrected chi connectivity index (χ0v) is 13.5. The number of hydrogen-bond acceptors (Lipinski definition) is 3. The van der Waals surface area contributed by atoms with Crippen molar-refractivity contribution in [2.24, 2.45) is 4.99 Å². The maximum Gasteiger partial charge on any atom is 0.0992 e. The summed E-state index contributed by atoms with van der Waals surface area (Å²) in [5, 5.41) is 11.4. The summed E-state index contributed by atoms with van der Waals surface area (Å²) in [5.74, 6) is 0. The molecule has 1 aliphatic carbocycles. The van der Waals surface area contributed by atoms with Crippen molar-refractivity contribution in [3.8, 4) is 6.07 Å². The molecule has 0 aromatic heterocycles. The van der Waals surface area contributed by atoms with Crippen LogP contribution in [0.5, 0.6) is 0 Å². The summed E-state index contributed by atoms with van der Waals surface area (Å²) < 4.78 is 1.93. The summed E-state index contributed by atoms with van der Waals surface area (Å²) in [6.07, 6.45) is 3.39. The van der Waals surface area contributed by atoms with Gasteiger partial charge < -0.3 is 0 Å². The van der Waals surface area contributed by atoms with Gasteiger partial charge in [-0.3, -0.25) is 0 Å². The van der Waals surface area contributed by atoms with Crippen LogP contribution in [0.4, 0.5) is 0 Å². The lowest BCUT2D eigenvalue weighted by molar-refractivity contribution is 0.252. The third kappa shape index (κ3) is 2.44. The van der Waals surface area contributed by atoms with Crippen LogP contribution in [0, 0.1) is 11.3 Å². The number of rotatable bonds is 3. The van der Waals surface area contributed by atoms with E-state index >= 15 is 0 Å². The molecule has 1 saturated carbocycles. The van der Waals surface area contributed by atoms with Crippen molar-refractivity contribution in [3.63, 3.8) is 0 Å². The Morgan fingerprint density at radius 2 is 1.94 bits per heavy atom. The van der Waals surface area contributed by atoms with Crippen molar-refractivity contribution >= 4 is 49.2 Å². The molecule has 1 aromatic carbocycles. The van der Waals surface area contributed by atoms with Crippen LogP contribution in [-0.4, -0.2) is 11.7 Å². The summed E-state index contributed by atoms with van der Waals surface area (Å²) in [6.45, 7) is 0.666. The minimum absolute atomic E-state index is 0.0391. The van der Waals surface area contributed by atoms with Crippen LogP contribution in [0.25, 0.3) is 0 Å². The first kappa shape index (κ1) is 13.9. The second-order valence-corrected chi connectivity index (χ2v) is 6.36. The average molecular weight is 386 g/mol. The summed E-state index contributed by atoms with van der Waals surface area (Å²) in [4.78, 5) is 4.13. The van der Waals surface area contributed by atoms with E-state index in [0.29, 0.717) is 12.1 Å². The van der Waals surface area contributed by atoms with E-state index in [1.165, 1.54) is 12.0 Å². The normalized spacial score (nSPS) is 16.3. The van der Waals surface area contributed by atoms with Crippen LogP contribution in [0.2, 0.25) is 0 Å². The summed E-state index contributed by atoms with van der Waals surface area (Å²) in [6, 6.07) is 5.88. The molecule has 0 spiro atoms. The topological polar surface area (TPSA) is 36.1 Å². The van der Waals surface area contributed by atoms with E-state index in [1.807, 2.05) is 12.1 Å². The Balaban J connectivity index is 2.50. The molecule has 0 aliphatic heterocycles. The van der Waals surface area contributed by atoms with Gasteiger partial charge in [0.05, 0.1) is 23.3 Å². The van der Waals surface area contributed by atoms with E-state index in [1.54, 1.807) is 0 Å². The lowest BCUT2D eigenvalue weighted by Gasteiger charge is -2.42. The average Bonchev–Trinajstić information content (AvgIpc) is 2.30. The van der Waals surface area contributed by atoms with Crippen molar-refractivity contribution in [3.05, 3.63) is 32.2 Å². The predicted molar refractivity (Wildman–Crippen MR) is 82.0 cm³/mol. The molecule has 0 unspecified atom stereocenters. The molecular weight excluding hydrogens is 376 g/mol. The number of hydrogen-bond donors (Lipinski definition) is 0. The van der Waals surface area contributed by atoms with E-state index in [4.69, 9.17) is 5.26 Å². The molecule has 1 fully saturated rings. The molecule has 0 saturated heterocycles. The van der Waals surface area contributed by atoms with Gasteiger partial charge in [-0.15, -0.1) is 0 Å². The number of thiocarbonyl (C=S) groups is 1. The van der Waals surface area contributed by atoms with Crippen LogP contribution in [0.15, 0.2) is 26.1 Å². The van der Waals surface area contributed by atoms with Crippen molar-refractivity contribution in [2.75, 3.05) is 6.54 Å². The first-order valence-corrected chi connectivity index (χ1v) is 7.56. The molecule has 18 heavy (non-hydrogen) atoms. The highest BCUT2D eigenvalue weighted by Gasteiger charge is 2.41. The molecule has 2 rings (SSSR count). The lowest BCUT2D eigenvalue weighted by atomic mass is 9.64. The van der Waals surface area contributed by atoms with Gasteiger partial charge in [0.1, 0.15) is 0 Å². The van der Waals surface area contributed by atoms with Crippen LogP contribution in [0.1, 0.15) is 30.4 Å². The van der Waals surface area contributed by atoms with Gasteiger partial charge >= 0.3 is 0 Å². The molecule has 92 valence electrons. The van der Waals surface area contributed by atoms with Crippen LogP contribution >= 0.6 is 44.1 Å². The van der Waals surface area contributed by atoms with E-state index in [-0.39, 0.29) is 5.41 Å². The van der Waals surface area contributed by atoms with Gasteiger partial charge in [0, 0.05) is 14.4 Å². The first-order chi connectivity index (χ1) is 8.63. The standard InChI is InChI=1S/C13H10Br2N2S/c14-10-4-9(6-16)5-11(15)12(10)13(2-1-3-13)7-17-8-18/h4-5H,1-3,7H2. The Morgan fingerprint density at radius 3 is 2.33 bits per heavy atom. The molecule has 0 bridgehead atoms. The Bertz CT molecular complexity index is 544. The number of nitriles is 1. The van der Waals surface area contributed by atoms with Crippen molar-refractivity contribution < 1.29 is 0 Å². The Kier molecular flexibility index (Phi) is 4.34. The van der Waals surface area contributed by atoms with E-state index in [2.05, 4.69) is 60.3 Å². The first-order valence-electron chi connectivity index (χ1n) is 5.56. The number of halogens is 2. The van der Waals surface area contributed by atoms with Crippen molar-refractivity contribution in [1.29, 1.82) is 5.26 Å². The van der Waals surface area contributed by atoms with Crippen LogP contribution in [0.3, 0.4) is 0 Å². The third-order valence-corrected chi connectivity index (χ3v) is 4.84. The van der Waals surface area contributed by atoms with Gasteiger partial charge in [-0.1, -0.05) is 38.3 Å². The largest absolute Gasteiger partial charge is 0.232 e. The molecule has 0 heterocycles. The highest BCUT2D eigenvalue weighted by Crippen LogP contribution is 2.49. The third-order valence-electron chi connectivity index (χ3n) is 3.46. The molecule has 0 atom stereocenters. The SMILES string of the molecule is N#Cc1cc(Br)c(C2(CN=C=S)CCC2)c(Br)c1. The Morgan fingerprint density at radius 1 is 1.33 bits per heavy atom. The number of nitrogens with zero attached hydrogens (tertiary/aromatic N) is 2. The molecule has 0 amide bonds. The molecule has 0 N–H and O–H groups in total. The maximum atomic E-state index is 8.96. The minimum atomic E-state index is 0.0391. The molecule has 2 nitrogen and oxygen atoms in total. The van der Waals surface area contributed by atoms with Crippen LogP contribution < -0.4 is 0 Å². The van der Waals surface area contributed by atoms with Gasteiger partial charge in [-0.05, 0) is 42.8 Å². The summed E-state index contributed by atoms with van der Waals surface area (Å²) in [5.41, 5.74) is 1.88. The molecule has 5 heteroatoms. The van der Waals surface area contributed by atoms with Gasteiger partial charge in [-0.25, -0.2) is 4.99 Å². The zero-order valence-electron chi connectivity index (χ0n) is 9.54. The monoisotopic (exact) mass is 384 g/mol. The summed E-state index contributed by atoms with van der Waals surface area (Å²) in [7, 11) is 0. The fourth-order valence-electron chi connectivity index (χ4n) is 2.42. The number of benzene rings is 1. The zero-order chi connectivity index (χ0) is 13.2. The highest BCUT2D eigenvalue weighted by atomic mass is 79.9. The second kappa shape index (κ2) is 5.63. The second-order valence-electron chi connectivity index (χ2n) is 4.47. The number of aliphatic imine (C=N–C) groups is 1. The molecular formula is C13H10Br2N2S. The Labute approximate surface area is 128 Å². The smallest absolute Gasteiger partial charge is 0.0992 e. The van der Waals surface area contributed by atoms with Gasteiger partial charge in [0.25, 0.3) is 0 Å². The predicted octanol–water partition coefficient (Wildman–Crippen LogP) is 4.61. The maximum absolute atomic E-state index is 8.96. The number of isothiocyanates is 1. The fraction of sp³-hybridized carbons (Fsp3) is 0.385. The van der Waals surface area contributed by atoms with Gasteiger partial charge in [0.15, 0.2) is 0 Å². The summed E-state index contributed by atoms with van der Waals surface area (Å²) >= 11 is 11.8. The van der Waals surface area contributed by atoms with Gasteiger partial charge in [-0.2, -0.15) is 5.26 Å². The highest BCUT2D eigenvalue weighted by molar-refractivity contribution is 9.11. The molecule has 1 aliphatic rings. The minimum Gasteiger partial charge on any atom is -0.232 e. The van der Waals surface area contributed by atoms with Crippen LogP contribution in [-0.2, 0) is 5.41 Å². The van der Waals surface area contributed by atoms with E-state index < -0.39 is 0 Å². The Hall–Kier alpha value is -0.530. The van der Waals surface area contributed by atoms with Gasteiger partial charge in [0.2, 0.25) is 0 Å². The molecule has 1 aromatic rings. The van der Waals surface area contributed by atoms with Crippen molar-refractivity contribution in [1.82, 2.24) is 0 Å². The van der Waals surface area contributed by atoms with Crippen molar-refractivity contribution in [2.45, 2.75) is 24.7 Å². The molecule has 0 radical (unpaired) electrons. The fourth-order valence-corrected chi connectivity index (χ4v) is 4.51. The quantitative estimate of drug-likeness (QED) is 0.562. The van der Waals surface area contributed by atoms with E-state index in [9.17, 15) is 0 Å².